The smallest absolute Gasteiger partial charge is 0.251 e. The summed E-state index contributed by atoms with van der Waals surface area (Å²) in [6, 6.07) is 6.86. The summed E-state index contributed by atoms with van der Waals surface area (Å²) in [5.74, 6) is -0.317. The zero-order valence-electron chi connectivity index (χ0n) is 13.9. The molecule has 0 heterocycles. The van der Waals surface area contributed by atoms with E-state index in [1.165, 1.54) is 0 Å². The Morgan fingerprint density at radius 1 is 1.13 bits per heavy atom. The van der Waals surface area contributed by atoms with Gasteiger partial charge in [0, 0.05) is 17.3 Å². The average molecular weight is 318 g/mol. The van der Waals surface area contributed by atoms with Crippen LogP contribution in [0.1, 0.15) is 62.7 Å². The van der Waals surface area contributed by atoms with Crippen LogP contribution in [0.5, 0.6) is 0 Å². The van der Waals surface area contributed by atoms with Crippen LogP contribution in [0.4, 0.5) is 5.69 Å². The van der Waals surface area contributed by atoms with Crippen molar-refractivity contribution >= 4 is 17.5 Å². The quantitative estimate of drug-likeness (QED) is 0.781. The molecule has 23 heavy (non-hydrogen) atoms. The van der Waals surface area contributed by atoms with Crippen LogP contribution >= 0.6 is 0 Å². The third kappa shape index (κ3) is 5.36. The second kappa shape index (κ2) is 7.59. The van der Waals surface area contributed by atoms with Gasteiger partial charge < -0.3 is 15.7 Å². The predicted octanol–water partition coefficient (Wildman–Crippen LogP) is 2.85. The molecular formula is C18H26N2O3. The van der Waals surface area contributed by atoms with Gasteiger partial charge >= 0.3 is 0 Å². The fourth-order valence-corrected chi connectivity index (χ4v) is 2.94. The molecule has 5 nitrogen and oxygen atoms in total. The van der Waals surface area contributed by atoms with E-state index in [4.69, 9.17) is 0 Å². The maximum atomic E-state index is 12.1. The molecule has 0 aliphatic heterocycles. The highest BCUT2D eigenvalue weighted by atomic mass is 16.3. The Bertz CT molecular complexity index is 546. The highest BCUT2D eigenvalue weighted by Gasteiger charge is 2.31. The first-order valence-electron chi connectivity index (χ1n) is 8.31. The van der Waals surface area contributed by atoms with Gasteiger partial charge in [-0.3, -0.25) is 9.59 Å². The molecule has 1 saturated carbocycles. The molecule has 2 rings (SSSR count). The number of anilines is 1. The lowest BCUT2D eigenvalue weighted by Gasteiger charge is -2.31. The molecule has 0 saturated heterocycles. The van der Waals surface area contributed by atoms with Crippen LogP contribution in [0.3, 0.4) is 0 Å². The summed E-state index contributed by atoms with van der Waals surface area (Å²) in [4.78, 5) is 24.0. The third-order valence-corrected chi connectivity index (χ3v) is 4.12. The molecule has 126 valence electrons. The molecule has 0 spiro atoms. The molecule has 1 aromatic rings. The normalized spacial score (nSPS) is 16.9. The number of nitrogens with one attached hydrogen (secondary N) is 2. The van der Waals surface area contributed by atoms with E-state index in [9.17, 15) is 14.7 Å². The minimum atomic E-state index is -0.862. The summed E-state index contributed by atoms with van der Waals surface area (Å²) < 4.78 is 0. The largest absolute Gasteiger partial charge is 0.389 e. The summed E-state index contributed by atoms with van der Waals surface area (Å²) in [5.41, 5.74) is 0.331. The molecule has 3 N–H and O–H groups in total. The molecule has 0 atom stereocenters. The van der Waals surface area contributed by atoms with Crippen molar-refractivity contribution in [3.05, 3.63) is 29.8 Å². The van der Waals surface area contributed by atoms with E-state index in [1.807, 2.05) is 13.8 Å². The van der Waals surface area contributed by atoms with Gasteiger partial charge in [-0.15, -0.1) is 0 Å². The van der Waals surface area contributed by atoms with Crippen molar-refractivity contribution in [2.75, 3.05) is 5.32 Å². The Hall–Kier alpha value is -1.88. The van der Waals surface area contributed by atoms with E-state index in [2.05, 4.69) is 10.6 Å². The van der Waals surface area contributed by atoms with E-state index in [-0.39, 0.29) is 24.3 Å². The number of hydrogen-bond donors (Lipinski definition) is 3. The molecule has 1 fully saturated rings. The van der Waals surface area contributed by atoms with Gasteiger partial charge in [-0.05, 0) is 51.0 Å². The molecule has 2 amide bonds. The number of amides is 2. The van der Waals surface area contributed by atoms with Crippen LogP contribution in [-0.2, 0) is 4.79 Å². The van der Waals surface area contributed by atoms with Gasteiger partial charge in [-0.25, -0.2) is 0 Å². The van der Waals surface area contributed by atoms with E-state index in [0.29, 0.717) is 24.1 Å². The van der Waals surface area contributed by atoms with Crippen LogP contribution in [0.25, 0.3) is 0 Å². The summed E-state index contributed by atoms with van der Waals surface area (Å²) in [5, 5.41) is 16.0. The van der Waals surface area contributed by atoms with E-state index >= 15 is 0 Å². The number of hydrogen-bond acceptors (Lipinski definition) is 3. The van der Waals surface area contributed by atoms with Gasteiger partial charge in [0.15, 0.2) is 0 Å². The Labute approximate surface area is 137 Å². The lowest BCUT2D eigenvalue weighted by molar-refractivity contribution is -0.122. The number of carbonyl (C=O) groups excluding carboxylic acids is 2. The minimum Gasteiger partial charge on any atom is -0.389 e. The third-order valence-electron chi connectivity index (χ3n) is 4.12. The first-order chi connectivity index (χ1) is 10.9. The van der Waals surface area contributed by atoms with Crippen molar-refractivity contribution in [1.82, 2.24) is 5.32 Å². The first-order valence-corrected chi connectivity index (χ1v) is 8.31. The molecular weight excluding hydrogens is 292 g/mol. The van der Waals surface area contributed by atoms with Gasteiger partial charge in [-0.2, -0.15) is 0 Å². The monoisotopic (exact) mass is 318 g/mol. The average Bonchev–Trinajstić information content (AvgIpc) is 2.47. The number of carbonyl (C=O) groups is 2. The van der Waals surface area contributed by atoms with Crippen LogP contribution in [0.2, 0.25) is 0 Å². The SMILES string of the molecule is CC(C)NC(=O)c1ccc(NC(=O)CC2(O)CCCCC2)cc1. The van der Waals surface area contributed by atoms with Crippen LogP contribution in [0.15, 0.2) is 24.3 Å². The number of rotatable bonds is 5. The highest BCUT2D eigenvalue weighted by Crippen LogP contribution is 2.31. The Balaban J connectivity index is 1.90. The highest BCUT2D eigenvalue weighted by molar-refractivity contribution is 5.96. The molecule has 1 aromatic carbocycles. The van der Waals surface area contributed by atoms with Crippen LogP contribution in [-0.4, -0.2) is 28.6 Å². The molecule has 0 radical (unpaired) electrons. The number of benzene rings is 1. The van der Waals surface area contributed by atoms with Crippen molar-refractivity contribution in [1.29, 1.82) is 0 Å². The summed E-state index contributed by atoms with van der Waals surface area (Å²) in [7, 11) is 0. The second-order valence-corrected chi connectivity index (χ2v) is 6.72. The van der Waals surface area contributed by atoms with Crippen molar-refractivity contribution in [3.8, 4) is 0 Å². The van der Waals surface area contributed by atoms with Crippen molar-refractivity contribution in [2.45, 2.75) is 64.0 Å². The van der Waals surface area contributed by atoms with E-state index in [1.54, 1.807) is 24.3 Å². The second-order valence-electron chi connectivity index (χ2n) is 6.72. The maximum absolute atomic E-state index is 12.1. The van der Waals surface area contributed by atoms with Gasteiger partial charge in [0.1, 0.15) is 0 Å². The summed E-state index contributed by atoms with van der Waals surface area (Å²) in [6.45, 7) is 3.81. The van der Waals surface area contributed by atoms with Gasteiger partial charge in [-0.1, -0.05) is 19.3 Å². The zero-order valence-corrected chi connectivity index (χ0v) is 13.9. The molecule has 1 aliphatic rings. The first kappa shape index (κ1) is 17.5. The lowest BCUT2D eigenvalue weighted by Crippen LogP contribution is -2.35. The molecule has 0 bridgehead atoms. The lowest BCUT2D eigenvalue weighted by atomic mass is 9.82. The topological polar surface area (TPSA) is 78.4 Å². The Morgan fingerprint density at radius 2 is 1.74 bits per heavy atom. The van der Waals surface area contributed by atoms with Gasteiger partial charge in [0.25, 0.3) is 5.91 Å². The number of aliphatic hydroxyl groups is 1. The zero-order chi connectivity index (χ0) is 16.9. The predicted molar refractivity (Wildman–Crippen MR) is 90.3 cm³/mol. The summed E-state index contributed by atoms with van der Waals surface area (Å²) in [6.07, 6.45) is 4.59. The standard InChI is InChI=1S/C18H26N2O3/c1-13(2)19-17(22)14-6-8-15(9-7-14)20-16(21)12-18(23)10-4-3-5-11-18/h6-9,13,23H,3-5,10-12H2,1-2H3,(H,19,22)(H,20,21). The fraction of sp³-hybridized carbons (Fsp3) is 0.556. The Kier molecular flexibility index (Phi) is 5.77. The Morgan fingerprint density at radius 3 is 2.30 bits per heavy atom. The molecule has 5 heteroatoms. The molecule has 1 aliphatic carbocycles. The van der Waals surface area contributed by atoms with Gasteiger partial charge in [0.2, 0.25) is 5.91 Å². The summed E-state index contributed by atoms with van der Waals surface area (Å²) >= 11 is 0. The maximum Gasteiger partial charge on any atom is 0.251 e. The minimum absolute atomic E-state index is 0.0816. The van der Waals surface area contributed by atoms with Crippen molar-refractivity contribution in [3.63, 3.8) is 0 Å². The van der Waals surface area contributed by atoms with Crippen LogP contribution in [0, 0.1) is 0 Å². The molecule has 0 unspecified atom stereocenters. The molecule has 0 aromatic heterocycles. The van der Waals surface area contributed by atoms with Crippen LogP contribution < -0.4 is 10.6 Å². The fourth-order valence-electron chi connectivity index (χ4n) is 2.94. The van der Waals surface area contributed by atoms with Crippen molar-refractivity contribution in [2.24, 2.45) is 0 Å². The van der Waals surface area contributed by atoms with Crippen molar-refractivity contribution < 1.29 is 14.7 Å². The van der Waals surface area contributed by atoms with Gasteiger partial charge in [0.05, 0.1) is 12.0 Å². The van der Waals surface area contributed by atoms with E-state index < -0.39 is 5.60 Å². The van der Waals surface area contributed by atoms with E-state index in [0.717, 1.165) is 19.3 Å².